The number of aliphatic imine (C=N–C) groups is 1. The minimum absolute atomic E-state index is 0. The molecule has 0 saturated heterocycles. The number of ether oxygens (including phenoxy) is 1. The average Bonchev–Trinajstić information content (AvgIpc) is 3.06. The van der Waals surface area contributed by atoms with Crippen molar-refractivity contribution >= 4 is 40.8 Å². The molecule has 3 rings (SSSR count). The van der Waals surface area contributed by atoms with E-state index in [1.54, 1.807) is 0 Å². The number of fused-ring (bicyclic) bond motifs is 1. The van der Waals surface area contributed by atoms with Gasteiger partial charge in [-0.1, -0.05) is 23.8 Å². The summed E-state index contributed by atoms with van der Waals surface area (Å²) in [6, 6.07) is 6.39. The lowest BCUT2D eigenvalue weighted by Crippen LogP contribution is -2.38. The van der Waals surface area contributed by atoms with Crippen molar-refractivity contribution in [2.75, 3.05) is 33.4 Å². The van der Waals surface area contributed by atoms with Crippen LogP contribution < -0.4 is 10.6 Å². The van der Waals surface area contributed by atoms with E-state index in [0.717, 1.165) is 51.5 Å². The number of nitrogens with one attached hydrogen (secondary N) is 3. The summed E-state index contributed by atoms with van der Waals surface area (Å²) in [5.41, 5.74) is 5.36. The van der Waals surface area contributed by atoms with Crippen LogP contribution in [-0.2, 0) is 11.2 Å². The maximum absolute atomic E-state index is 5.34. The Kier molecular flexibility index (Phi) is 8.44. The molecular formula is C20H29IN4O. The first-order valence-electron chi connectivity index (χ1n) is 9.03. The Morgan fingerprint density at radius 3 is 2.77 bits per heavy atom. The second-order valence-corrected chi connectivity index (χ2v) is 6.42. The third-order valence-electron chi connectivity index (χ3n) is 4.70. The van der Waals surface area contributed by atoms with Crippen LogP contribution in [0.5, 0.6) is 0 Å². The van der Waals surface area contributed by atoms with Gasteiger partial charge in [0.05, 0.1) is 13.2 Å². The molecule has 1 aromatic heterocycles. The van der Waals surface area contributed by atoms with E-state index in [-0.39, 0.29) is 24.0 Å². The Morgan fingerprint density at radius 2 is 2.04 bits per heavy atom. The van der Waals surface area contributed by atoms with Crippen LogP contribution in [0.2, 0.25) is 0 Å². The molecule has 0 atom stereocenters. The van der Waals surface area contributed by atoms with Gasteiger partial charge < -0.3 is 20.4 Å². The van der Waals surface area contributed by atoms with E-state index in [1.165, 1.54) is 27.6 Å². The van der Waals surface area contributed by atoms with Crippen LogP contribution in [0.1, 0.15) is 24.0 Å². The smallest absolute Gasteiger partial charge is 0.190 e. The molecule has 0 radical (unpaired) electrons. The Morgan fingerprint density at radius 1 is 1.23 bits per heavy atom. The number of hydrogen-bond acceptors (Lipinski definition) is 2. The number of rotatable bonds is 6. The molecule has 0 saturated carbocycles. The largest absolute Gasteiger partial charge is 0.377 e. The molecule has 1 aliphatic rings. The highest BCUT2D eigenvalue weighted by Crippen LogP contribution is 2.22. The van der Waals surface area contributed by atoms with Crippen molar-refractivity contribution in [1.82, 2.24) is 15.6 Å². The predicted molar refractivity (Wildman–Crippen MR) is 120 cm³/mol. The summed E-state index contributed by atoms with van der Waals surface area (Å²) in [5, 5.41) is 8.15. The van der Waals surface area contributed by atoms with Crippen LogP contribution >= 0.6 is 24.0 Å². The molecule has 0 amide bonds. The number of H-pyrrole nitrogens is 1. The topological polar surface area (TPSA) is 61.4 Å². The molecule has 0 fully saturated rings. The molecule has 2 heterocycles. The lowest BCUT2D eigenvalue weighted by molar-refractivity contribution is 0.153. The fraction of sp³-hybridized carbons (Fsp3) is 0.450. The zero-order valence-electron chi connectivity index (χ0n) is 15.6. The highest BCUT2D eigenvalue weighted by atomic mass is 127. The van der Waals surface area contributed by atoms with Gasteiger partial charge in [0.15, 0.2) is 5.96 Å². The van der Waals surface area contributed by atoms with Crippen molar-refractivity contribution < 1.29 is 4.74 Å². The first-order valence-corrected chi connectivity index (χ1v) is 9.03. The first-order chi connectivity index (χ1) is 12.3. The van der Waals surface area contributed by atoms with E-state index in [2.05, 4.69) is 58.0 Å². The Balaban J connectivity index is 0.00000243. The summed E-state index contributed by atoms with van der Waals surface area (Å²) < 4.78 is 5.34. The zero-order valence-corrected chi connectivity index (χ0v) is 17.9. The lowest BCUT2D eigenvalue weighted by Gasteiger charge is -2.15. The third-order valence-corrected chi connectivity index (χ3v) is 4.70. The Hall–Kier alpha value is -1.54. The molecule has 2 aromatic rings. The normalized spacial score (nSPS) is 14.7. The summed E-state index contributed by atoms with van der Waals surface area (Å²) >= 11 is 0. The molecule has 3 N–H and O–H groups in total. The quantitative estimate of drug-likeness (QED) is 0.263. The van der Waals surface area contributed by atoms with Gasteiger partial charge in [0.1, 0.15) is 0 Å². The third kappa shape index (κ3) is 5.48. The van der Waals surface area contributed by atoms with Gasteiger partial charge in [-0.15, -0.1) is 24.0 Å². The lowest BCUT2D eigenvalue weighted by atomic mass is 10.1. The highest BCUT2D eigenvalue weighted by molar-refractivity contribution is 14.0. The van der Waals surface area contributed by atoms with Crippen LogP contribution in [0.3, 0.4) is 0 Å². The minimum Gasteiger partial charge on any atom is -0.377 e. The summed E-state index contributed by atoms with van der Waals surface area (Å²) in [5.74, 6) is 0.865. The fourth-order valence-corrected chi connectivity index (χ4v) is 3.32. The van der Waals surface area contributed by atoms with Gasteiger partial charge in [0, 0.05) is 37.2 Å². The van der Waals surface area contributed by atoms with Crippen molar-refractivity contribution in [1.29, 1.82) is 0 Å². The van der Waals surface area contributed by atoms with Gasteiger partial charge >= 0.3 is 0 Å². The van der Waals surface area contributed by atoms with Crippen molar-refractivity contribution in [2.24, 2.45) is 4.99 Å². The molecule has 142 valence electrons. The zero-order chi connectivity index (χ0) is 17.5. The molecule has 0 aliphatic carbocycles. The maximum Gasteiger partial charge on any atom is 0.190 e. The summed E-state index contributed by atoms with van der Waals surface area (Å²) in [6.07, 6.45) is 7.38. The Labute approximate surface area is 172 Å². The number of benzene rings is 1. The molecule has 6 heteroatoms. The summed E-state index contributed by atoms with van der Waals surface area (Å²) in [7, 11) is 1.82. The van der Waals surface area contributed by atoms with E-state index < -0.39 is 0 Å². The number of guanidine groups is 1. The van der Waals surface area contributed by atoms with Gasteiger partial charge in [-0.05, 0) is 43.4 Å². The minimum atomic E-state index is 0. The molecular weight excluding hydrogens is 439 g/mol. The van der Waals surface area contributed by atoms with Crippen molar-refractivity contribution in [2.45, 2.75) is 26.2 Å². The van der Waals surface area contributed by atoms with Crippen molar-refractivity contribution in [3.8, 4) is 0 Å². The number of aromatic nitrogens is 1. The van der Waals surface area contributed by atoms with Gasteiger partial charge in [0.25, 0.3) is 0 Å². The van der Waals surface area contributed by atoms with E-state index in [4.69, 9.17) is 4.74 Å². The summed E-state index contributed by atoms with van der Waals surface area (Å²) in [4.78, 5) is 7.67. The van der Waals surface area contributed by atoms with Gasteiger partial charge in [0.2, 0.25) is 0 Å². The van der Waals surface area contributed by atoms with E-state index in [9.17, 15) is 0 Å². The maximum atomic E-state index is 5.34. The van der Waals surface area contributed by atoms with E-state index in [1.807, 2.05) is 7.05 Å². The molecule has 5 nitrogen and oxygen atoms in total. The van der Waals surface area contributed by atoms with E-state index in [0.29, 0.717) is 0 Å². The van der Waals surface area contributed by atoms with Gasteiger partial charge in [-0.25, -0.2) is 0 Å². The molecule has 0 spiro atoms. The average molecular weight is 468 g/mol. The SMILES string of the molecule is CN=C(NCCC1=CCOCC1)NCCc1c[nH]c2cccc(C)c12.I. The van der Waals surface area contributed by atoms with E-state index >= 15 is 0 Å². The fourth-order valence-electron chi connectivity index (χ4n) is 3.32. The Bertz CT molecular complexity index is 766. The molecule has 1 aliphatic heterocycles. The second-order valence-electron chi connectivity index (χ2n) is 6.42. The number of aryl methyl sites for hydroxylation is 1. The molecule has 0 bridgehead atoms. The molecule has 1 aromatic carbocycles. The first kappa shape index (κ1) is 20.8. The molecule has 26 heavy (non-hydrogen) atoms. The van der Waals surface area contributed by atoms with Crippen molar-refractivity contribution in [3.63, 3.8) is 0 Å². The number of halogens is 1. The molecule has 0 unspecified atom stereocenters. The van der Waals surface area contributed by atoms with Crippen molar-refractivity contribution in [3.05, 3.63) is 47.2 Å². The second kappa shape index (κ2) is 10.6. The standard InChI is InChI=1S/C20H28N4O.HI/c1-15-4-3-5-18-19(15)17(14-24-18)7-11-23-20(21-2)22-10-6-16-8-12-25-13-9-16;/h3-5,8,14,24H,6-7,9-13H2,1-2H3,(H2,21,22,23);1H. The van der Waals surface area contributed by atoms with Gasteiger partial charge in [-0.2, -0.15) is 0 Å². The van der Waals surface area contributed by atoms with Crippen LogP contribution in [0.4, 0.5) is 0 Å². The predicted octanol–water partition coefficient (Wildman–Crippen LogP) is 3.54. The van der Waals surface area contributed by atoms with Crippen LogP contribution in [0.25, 0.3) is 10.9 Å². The summed E-state index contributed by atoms with van der Waals surface area (Å²) in [6.45, 7) is 5.53. The van der Waals surface area contributed by atoms with Crippen LogP contribution in [0, 0.1) is 6.92 Å². The number of aromatic amines is 1. The van der Waals surface area contributed by atoms with Gasteiger partial charge in [-0.3, -0.25) is 4.99 Å². The number of hydrogen-bond donors (Lipinski definition) is 3. The highest BCUT2D eigenvalue weighted by Gasteiger charge is 2.07. The monoisotopic (exact) mass is 468 g/mol. The van der Waals surface area contributed by atoms with Crippen LogP contribution in [0.15, 0.2) is 41.0 Å². The van der Waals surface area contributed by atoms with Crippen LogP contribution in [-0.4, -0.2) is 44.3 Å². The number of nitrogens with zero attached hydrogens (tertiary/aromatic N) is 1.